The number of phosphoric ester groups is 1. The minimum Gasteiger partial charge on any atom is -0.756 e. The van der Waals surface area contributed by atoms with E-state index in [9.17, 15) is 14.3 Å². The summed E-state index contributed by atoms with van der Waals surface area (Å²) in [4.78, 5) is 25.0. The van der Waals surface area contributed by atoms with Gasteiger partial charge in [-0.2, -0.15) is 0 Å². The van der Waals surface area contributed by atoms with Crippen LogP contribution in [0.1, 0.15) is 181 Å². The highest BCUT2D eigenvalue weighted by Gasteiger charge is 2.20. The second kappa shape index (κ2) is 41.0. The number of hydrogen-bond donors (Lipinski definition) is 0. The summed E-state index contributed by atoms with van der Waals surface area (Å²) in [6.07, 6.45) is 51.1. The number of likely N-dealkylation sites (N-methyl/N-ethyl adjacent to an activating group) is 1. The quantitative estimate of drug-likeness (QED) is 0.0199. The van der Waals surface area contributed by atoms with Gasteiger partial charge in [0.1, 0.15) is 19.3 Å². The van der Waals surface area contributed by atoms with Gasteiger partial charge in [-0.15, -0.1) is 0 Å². The molecule has 0 spiro atoms. The van der Waals surface area contributed by atoms with E-state index in [1.54, 1.807) is 0 Å². The third kappa shape index (κ3) is 45.1. The number of allylic oxidation sites excluding steroid dienone is 10. The lowest BCUT2D eigenvalue weighted by Gasteiger charge is -2.28. The van der Waals surface area contributed by atoms with Crippen molar-refractivity contribution in [1.29, 1.82) is 0 Å². The van der Waals surface area contributed by atoms with Crippen molar-refractivity contribution in [3.05, 3.63) is 60.8 Å². The Bertz CT molecular complexity index is 1090. The van der Waals surface area contributed by atoms with Crippen LogP contribution in [0.4, 0.5) is 0 Å². The van der Waals surface area contributed by atoms with Crippen LogP contribution in [-0.2, 0) is 27.9 Å². The molecular weight excluding hydrogens is 734 g/mol. The van der Waals surface area contributed by atoms with Crippen molar-refractivity contribution in [2.45, 2.75) is 187 Å². The smallest absolute Gasteiger partial charge is 0.306 e. The SMILES string of the molecule is CCCCC/C=C\C/C=C\C/C=C\C/C=C\C/C=C\CCC(=O)O[C@H](COCCCCCCCCCCCCCCCCCC)COP(=O)([O-])OCC[N+](C)(C)C. The van der Waals surface area contributed by atoms with Crippen molar-refractivity contribution in [3.8, 4) is 0 Å². The number of ether oxygens (including phenoxy) is 2. The fourth-order valence-corrected chi connectivity index (χ4v) is 6.73. The fraction of sp³-hybridized carbons (Fsp3) is 0.771. The van der Waals surface area contributed by atoms with E-state index in [0.29, 0.717) is 24.1 Å². The summed E-state index contributed by atoms with van der Waals surface area (Å²) in [7, 11) is 1.31. The largest absolute Gasteiger partial charge is 0.756 e. The molecule has 0 aromatic heterocycles. The summed E-state index contributed by atoms with van der Waals surface area (Å²) < 4.78 is 34.5. The second-order valence-corrected chi connectivity index (χ2v) is 17.8. The van der Waals surface area contributed by atoms with Crippen LogP contribution in [0.25, 0.3) is 0 Å². The Labute approximate surface area is 351 Å². The molecule has 0 saturated heterocycles. The van der Waals surface area contributed by atoms with E-state index in [-0.39, 0.29) is 26.2 Å². The Morgan fingerprint density at radius 1 is 0.544 bits per heavy atom. The molecule has 0 aromatic carbocycles. The molecule has 8 nitrogen and oxygen atoms in total. The van der Waals surface area contributed by atoms with Crippen molar-refractivity contribution in [1.82, 2.24) is 0 Å². The van der Waals surface area contributed by atoms with Gasteiger partial charge >= 0.3 is 5.97 Å². The highest BCUT2D eigenvalue weighted by molar-refractivity contribution is 7.45. The predicted molar refractivity (Wildman–Crippen MR) is 240 cm³/mol. The number of hydrogen-bond acceptors (Lipinski definition) is 7. The van der Waals surface area contributed by atoms with Gasteiger partial charge in [0.05, 0.1) is 34.4 Å². The molecule has 57 heavy (non-hydrogen) atoms. The van der Waals surface area contributed by atoms with Crippen LogP contribution in [0, 0.1) is 0 Å². The highest BCUT2D eigenvalue weighted by atomic mass is 31.2. The van der Waals surface area contributed by atoms with Crippen LogP contribution in [-0.4, -0.2) is 70.7 Å². The number of esters is 1. The molecule has 9 heteroatoms. The van der Waals surface area contributed by atoms with Crippen LogP contribution in [0.2, 0.25) is 0 Å². The highest BCUT2D eigenvalue weighted by Crippen LogP contribution is 2.38. The Hall–Kier alpha value is -1.80. The standard InChI is InChI=1S/C48H88NO7P/c1-6-8-10-12-14-16-18-20-22-24-25-26-27-29-31-33-35-37-39-41-48(50)56-47(46-55-57(51,52)54-44-42-49(3,4)5)45-53-43-40-38-36-34-32-30-28-23-21-19-17-15-13-11-9-7-2/h14,16,20,22,25-26,29,31,35,37,47H,6-13,15,17-19,21,23-24,27-28,30,32-34,36,38-46H2,1-5H3/b16-14-,22-20-,26-25-,31-29-,37-35-/t47-/m1/s1. The lowest BCUT2D eigenvalue weighted by molar-refractivity contribution is -0.870. The first-order valence-electron chi connectivity index (χ1n) is 23.0. The Morgan fingerprint density at radius 3 is 1.44 bits per heavy atom. The van der Waals surface area contributed by atoms with Gasteiger partial charge in [0, 0.05) is 13.0 Å². The van der Waals surface area contributed by atoms with E-state index in [1.807, 2.05) is 33.3 Å². The van der Waals surface area contributed by atoms with Crippen molar-refractivity contribution < 1.29 is 37.3 Å². The summed E-state index contributed by atoms with van der Waals surface area (Å²) in [6.45, 7) is 5.29. The molecule has 0 rings (SSSR count). The zero-order chi connectivity index (χ0) is 42.0. The van der Waals surface area contributed by atoms with Crippen molar-refractivity contribution in [3.63, 3.8) is 0 Å². The van der Waals surface area contributed by atoms with Gasteiger partial charge in [0.15, 0.2) is 0 Å². The van der Waals surface area contributed by atoms with E-state index in [2.05, 4.69) is 62.5 Å². The van der Waals surface area contributed by atoms with Gasteiger partial charge in [-0.1, -0.05) is 184 Å². The molecule has 0 amide bonds. The molecule has 1 unspecified atom stereocenters. The molecule has 0 radical (unpaired) electrons. The number of carbonyl (C=O) groups excluding carboxylic acids is 1. The van der Waals surface area contributed by atoms with Gasteiger partial charge in [-0.3, -0.25) is 9.36 Å². The molecule has 0 saturated carbocycles. The summed E-state index contributed by atoms with van der Waals surface area (Å²) in [5.41, 5.74) is 0. The summed E-state index contributed by atoms with van der Waals surface area (Å²) in [6, 6.07) is 0. The predicted octanol–water partition coefficient (Wildman–Crippen LogP) is 13.1. The van der Waals surface area contributed by atoms with Crippen molar-refractivity contribution >= 4 is 13.8 Å². The molecule has 0 heterocycles. The molecule has 0 bridgehead atoms. The van der Waals surface area contributed by atoms with Crippen LogP contribution >= 0.6 is 7.82 Å². The molecule has 0 aliphatic heterocycles. The fourth-order valence-electron chi connectivity index (χ4n) is 6.00. The summed E-state index contributed by atoms with van der Waals surface area (Å²) in [5, 5.41) is 0. The lowest BCUT2D eigenvalue weighted by atomic mass is 10.0. The van der Waals surface area contributed by atoms with Crippen LogP contribution < -0.4 is 4.89 Å². The van der Waals surface area contributed by atoms with Crippen molar-refractivity contribution in [2.24, 2.45) is 0 Å². The van der Waals surface area contributed by atoms with E-state index in [1.165, 1.54) is 116 Å². The van der Waals surface area contributed by atoms with Gasteiger partial charge in [-0.05, 0) is 51.4 Å². The summed E-state index contributed by atoms with van der Waals surface area (Å²) >= 11 is 0. The van der Waals surface area contributed by atoms with Crippen LogP contribution in [0.5, 0.6) is 0 Å². The molecule has 0 aliphatic rings. The topological polar surface area (TPSA) is 94.1 Å². The van der Waals surface area contributed by atoms with Gasteiger partial charge in [0.25, 0.3) is 7.82 Å². The minimum atomic E-state index is -4.55. The first-order valence-corrected chi connectivity index (χ1v) is 24.5. The Balaban J connectivity index is 4.34. The van der Waals surface area contributed by atoms with E-state index < -0.39 is 19.9 Å². The minimum absolute atomic E-state index is 0.0118. The number of phosphoric acid groups is 1. The Kier molecular flexibility index (Phi) is 39.7. The average Bonchev–Trinajstić information content (AvgIpc) is 3.16. The van der Waals surface area contributed by atoms with Gasteiger partial charge in [-0.25, -0.2) is 0 Å². The summed E-state index contributed by atoms with van der Waals surface area (Å²) in [5.74, 6) is -0.413. The molecule has 0 fully saturated rings. The molecule has 0 N–H and O–H groups in total. The first-order chi connectivity index (χ1) is 27.6. The zero-order valence-electron chi connectivity index (χ0n) is 37.5. The lowest BCUT2D eigenvalue weighted by Crippen LogP contribution is -2.37. The molecule has 0 aromatic rings. The number of quaternary nitrogens is 1. The normalized spacial score (nSPS) is 14.3. The Morgan fingerprint density at radius 2 is 0.965 bits per heavy atom. The molecule has 0 aliphatic carbocycles. The van der Waals surface area contributed by atoms with Crippen LogP contribution in [0.3, 0.4) is 0 Å². The third-order valence-electron chi connectivity index (χ3n) is 9.59. The maximum Gasteiger partial charge on any atom is 0.306 e. The van der Waals surface area contributed by atoms with E-state index >= 15 is 0 Å². The zero-order valence-corrected chi connectivity index (χ0v) is 38.4. The third-order valence-corrected chi connectivity index (χ3v) is 10.5. The first kappa shape index (κ1) is 55.2. The van der Waals surface area contributed by atoms with Crippen molar-refractivity contribution in [2.75, 3.05) is 54.1 Å². The number of carbonyl (C=O) groups is 1. The maximum absolute atomic E-state index is 12.7. The van der Waals surface area contributed by atoms with E-state index in [4.69, 9.17) is 18.5 Å². The van der Waals surface area contributed by atoms with Gasteiger partial charge < -0.3 is 27.9 Å². The van der Waals surface area contributed by atoms with Gasteiger partial charge in [0.2, 0.25) is 0 Å². The monoisotopic (exact) mass is 822 g/mol. The molecule has 2 atom stereocenters. The number of rotatable bonds is 42. The average molecular weight is 822 g/mol. The number of nitrogens with zero attached hydrogens (tertiary/aromatic N) is 1. The van der Waals surface area contributed by atoms with E-state index in [0.717, 1.165) is 38.5 Å². The second-order valence-electron chi connectivity index (χ2n) is 16.4. The number of unbranched alkanes of at least 4 members (excludes halogenated alkanes) is 18. The maximum atomic E-state index is 12.7. The van der Waals surface area contributed by atoms with Crippen LogP contribution in [0.15, 0.2) is 60.8 Å². The molecular formula is C48H88NO7P. The molecule has 332 valence electrons.